The highest BCUT2D eigenvalue weighted by Gasteiger charge is 2.21. The van der Waals surface area contributed by atoms with Crippen molar-refractivity contribution < 1.29 is 9.53 Å². The molecular weight excluding hydrogens is 470 g/mol. The van der Waals surface area contributed by atoms with Crippen molar-refractivity contribution >= 4 is 44.9 Å². The zero-order valence-electron chi connectivity index (χ0n) is 18.6. The van der Waals surface area contributed by atoms with Crippen LogP contribution in [0.4, 0.5) is 5.69 Å². The second-order valence-corrected chi connectivity index (χ2v) is 10.2. The molecule has 1 aliphatic rings. The van der Waals surface area contributed by atoms with Gasteiger partial charge in [-0.1, -0.05) is 0 Å². The fraction of sp³-hybridized carbons (Fsp3) is 0.292. The molecule has 0 atom stereocenters. The molecule has 1 aliphatic carbocycles. The average molecular weight is 494 g/mol. The summed E-state index contributed by atoms with van der Waals surface area (Å²) in [6.07, 6.45) is 6.73. The molecule has 1 amide bonds. The number of anilines is 1. The summed E-state index contributed by atoms with van der Waals surface area (Å²) in [6, 6.07) is 7.40. The largest absolute Gasteiger partial charge is 0.424 e. The number of nitrogens with zero attached hydrogens (tertiary/aromatic N) is 3. The Morgan fingerprint density at radius 3 is 2.94 bits per heavy atom. The maximum Gasteiger partial charge on any atom is 0.321 e. The number of carbonyl (C=O) groups excluding carboxylic acids is 1. The first-order valence-corrected chi connectivity index (χ1v) is 13.0. The van der Waals surface area contributed by atoms with Crippen molar-refractivity contribution in [3.05, 3.63) is 68.8 Å². The highest BCUT2D eigenvalue weighted by Crippen LogP contribution is 2.34. The molecule has 10 heteroatoms. The number of hydrogen-bond acceptors (Lipinski definition) is 8. The quantitative estimate of drug-likeness (QED) is 0.345. The molecule has 0 radical (unpaired) electrons. The summed E-state index contributed by atoms with van der Waals surface area (Å²) in [5, 5.41) is 3.72. The van der Waals surface area contributed by atoms with E-state index in [0.29, 0.717) is 29.5 Å². The number of aromatic amines is 1. The number of benzene rings is 1. The Hall–Kier alpha value is -3.24. The molecule has 3 aromatic heterocycles. The molecular formula is C24H23N5O3S2. The van der Waals surface area contributed by atoms with Gasteiger partial charge in [0.25, 0.3) is 5.56 Å². The van der Waals surface area contributed by atoms with Crippen molar-refractivity contribution in [1.82, 2.24) is 19.9 Å². The number of ether oxygens (including phenoxy) is 1. The highest BCUT2D eigenvalue weighted by atomic mass is 32.2. The molecule has 1 aromatic carbocycles. The number of H-pyrrole nitrogens is 1. The number of carbonyl (C=O) groups is 1. The third-order valence-corrected chi connectivity index (χ3v) is 7.72. The van der Waals surface area contributed by atoms with E-state index in [1.165, 1.54) is 10.4 Å². The van der Waals surface area contributed by atoms with E-state index in [1.54, 1.807) is 53.7 Å². The minimum Gasteiger partial charge on any atom is -0.424 e. The van der Waals surface area contributed by atoms with E-state index in [0.717, 1.165) is 40.7 Å². The number of nitrogens with one attached hydrogen (secondary N) is 2. The van der Waals surface area contributed by atoms with Gasteiger partial charge in [0, 0.05) is 35.1 Å². The second-order valence-electron chi connectivity index (χ2n) is 8.01. The molecule has 34 heavy (non-hydrogen) atoms. The van der Waals surface area contributed by atoms with E-state index in [2.05, 4.69) is 25.3 Å². The first-order valence-electron chi connectivity index (χ1n) is 11.0. The monoisotopic (exact) mass is 493 g/mol. The fourth-order valence-corrected chi connectivity index (χ4v) is 6.03. The molecule has 0 aliphatic heterocycles. The number of amides is 1. The molecule has 0 spiro atoms. The van der Waals surface area contributed by atoms with Gasteiger partial charge in [0.05, 0.1) is 11.1 Å². The van der Waals surface area contributed by atoms with Crippen molar-refractivity contribution in [2.45, 2.75) is 38.4 Å². The number of fused-ring (bicyclic) bond motifs is 3. The molecule has 0 bridgehead atoms. The van der Waals surface area contributed by atoms with Gasteiger partial charge in [0.2, 0.25) is 5.91 Å². The zero-order valence-corrected chi connectivity index (χ0v) is 20.2. The van der Waals surface area contributed by atoms with E-state index in [9.17, 15) is 9.59 Å². The Bertz CT molecular complexity index is 1400. The van der Waals surface area contributed by atoms with Crippen molar-refractivity contribution in [1.29, 1.82) is 0 Å². The van der Waals surface area contributed by atoms with Crippen LogP contribution in [0.2, 0.25) is 0 Å². The number of aryl methyl sites for hydroxylation is 3. The lowest BCUT2D eigenvalue weighted by Gasteiger charge is -2.10. The van der Waals surface area contributed by atoms with Crippen molar-refractivity contribution in [2.24, 2.45) is 0 Å². The predicted octanol–water partition coefficient (Wildman–Crippen LogP) is 4.63. The topological polar surface area (TPSA) is 110 Å². The molecule has 2 N–H and O–H groups in total. The minimum atomic E-state index is -0.0674. The molecule has 8 nitrogen and oxygen atoms in total. The molecule has 4 aromatic rings. The molecule has 0 saturated heterocycles. The molecule has 0 saturated carbocycles. The Balaban J connectivity index is 1.12. The van der Waals surface area contributed by atoms with Gasteiger partial charge < -0.3 is 15.0 Å². The zero-order chi connectivity index (χ0) is 23.5. The Kier molecular flexibility index (Phi) is 6.59. The molecule has 0 fully saturated rings. The van der Waals surface area contributed by atoms with Crippen molar-refractivity contribution in [2.75, 3.05) is 11.1 Å². The predicted molar refractivity (Wildman–Crippen MR) is 135 cm³/mol. The standard InChI is InChI=1S/C24H23N5O3S2/c1-14-12-15(32-24-25-9-3-10-26-24)6-7-17(14)27-20(30)8-11-33-13-19-28-22(31)21-16-4-2-5-18(16)34-23(21)29-19/h3,6-7,9-10,12H,2,4-5,8,11,13H2,1H3,(H,27,30)(H,28,29,31). The second kappa shape index (κ2) is 9.94. The van der Waals surface area contributed by atoms with Gasteiger partial charge in [0.15, 0.2) is 0 Å². The van der Waals surface area contributed by atoms with Crippen LogP contribution in [0.1, 0.15) is 34.7 Å². The van der Waals surface area contributed by atoms with Crippen LogP contribution in [0.5, 0.6) is 11.8 Å². The average Bonchev–Trinajstić information content (AvgIpc) is 3.40. The SMILES string of the molecule is Cc1cc(Oc2ncccn2)ccc1NC(=O)CCSCc1nc2sc3c(c2c(=O)[nH]1)CCC3. The molecule has 174 valence electrons. The Morgan fingerprint density at radius 2 is 2.12 bits per heavy atom. The van der Waals surface area contributed by atoms with E-state index in [1.807, 2.05) is 13.0 Å². The summed E-state index contributed by atoms with van der Waals surface area (Å²) in [5.74, 6) is 2.39. The molecule has 5 rings (SSSR count). The summed E-state index contributed by atoms with van der Waals surface area (Å²) in [5.41, 5.74) is 2.76. The number of rotatable bonds is 8. The summed E-state index contributed by atoms with van der Waals surface area (Å²) in [4.78, 5) is 42.8. The van der Waals surface area contributed by atoms with Gasteiger partial charge in [-0.05, 0) is 61.6 Å². The van der Waals surface area contributed by atoms with E-state index in [-0.39, 0.29) is 17.5 Å². The summed E-state index contributed by atoms with van der Waals surface area (Å²) >= 11 is 3.22. The van der Waals surface area contributed by atoms with Crippen LogP contribution < -0.4 is 15.6 Å². The Morgan fingerprint density at radius 1 is 1.26 bits per heavy atom. The number of thiophene rings is 1. The third kappa shape index (κ3) is 4.97. The minimum absolute atomic E-state index is 0.0422. The normalized spacial score (nSPS) is 12.6. The van der Waals surface area contributed by atoms with Crippen molar-refractivity contribution in [3.63, 3.8) is 0 Å². The molecule has 3 heterocycles. The number of hydrogen-bond donors (Lipinski definition) is 2. The highest BCUT2D eigenvalue weighted by molar-refractivity contribution is 7.98. The number of aromatic nitrogens is 4. The van der Waals surface area contributed by atoms with Gasteiger partial charge in [-0.3, -0.25) is 9.59 Å². The maximum atomic E-state index is 12.5. The summed E-state index contributed by atoms with van der Waals surface area (Å²) in [6.45, 7) is 1.90. The Labute approximate surface area is 204 Å². The van der Waals surface area contributed by atoms with Gasteiger partial charge in [0.1, 0.15) is 16.4 Å². The fourth-order valence-electron chi connectivity index (χ4n) is 3.95. The van der Waals surface area contributed by atoms with Crippen LogP contribution in [-0.2, 0) is 23.4 Å². The third-order valence-electron chi connectivity index (χ3n) is 5.56. The van der Waals surface area contributed by atoms with Crippen LogP contribution >= 0.6 is 23.1 Å². The van der Waals surface area contributed by atoms with E-state index < -0.39 is 0 Å². The molecule has 0 unspecified atom stereocenters. The van der Waals surface area contributed by atoms with E-state index in [4.69, 9.17) is 4.74 Å². The van der Waals surface area contributed by atoms with Crippen molar-refractivity contribution in [3.8, 4) is 11.8 Å². The smallest absolute Gasteiger partial charge is 0.321 e. The first-order chi connectivity index (χ1) is 16.6. The van der Waals surface area contributed by atoms with Gasteiger partial charge in [-0.2, -0.15) is 11.8 Å². The summed E-state index contributed by atoms with van der Waals surface area (Å²) in [7, 11) is 0. The van der Waals surface area contributed by atoms with Crippen LogP contribution in [-0.4, -0.2) is 31.6 Å². The lowest BCUT2D eigenvalue weighted by molar-refractivity contribution is -0.115. The lowest BCUT2D eigenvalue weighted by atomic mass is 10.2. The van der Waals surface area contributed by atoms with Crippen LogP contribution in [0.15, 0.2) is 41.5 Å². The van der Waals surface area contributed by atoms with Gasteiger partial charge in [-0.25, -0.2) is 15.0 Å². The maximum absolute atomic E-state index is 12.5. The van der Waals surface area contributed by atoms with Gasteiger partial charge in [-0.15, -0.1) is 11.3 Å². The van der Waals surface area contributed by atoms with Crippen LogP contribution in [0, 0.1) is 6.92 Å². The number of thioether (sulfide) groups is 1. The lowest BCUT2D eigenvalue weighted by Crippen LogP contribution is -2.14. The summed E-state index contributed by atoms with van der Waals surface area (Å²) < 4.78 is 5.62. The first kappa shape index (κ1) is 22.5. The van der Waals surface area contributed by atoms with Gasteiger partial charge >= 0.3 is 6.01 Å². The van der Waals surface area contributed by atoms with Crippen LogP contribution in [0.25, 0.3) is 10.2 Å². The van der Waals surface area contributed by atoms with Crippen LogP contribution in [0.3, 0.4) is 0 Å². The van der Waals surface area contributed by atoms with E-state index >= 15 is 0 Å².